The average Bonchev–Trinajstić information content (AvgIpc) is 2.23. The van der Waals surface area contributed by atoms with Crippen molar-refractivity contribution < 1.29 is 24.6 Å². The van der Waals surface area contributed by atoms with Crippen molar-refractivity contribution in [3.05, 3.63) is 0 Å². The van der Waals surface area contributed by atoms with E-state index in [1.165, 1.54) is 6.92 Å². The first kappa shape index (κ1) is 16.3. The number of aliphatic hydroxyl groups excluding tert-OH is 1. The number of aliphatic carboxylic acids is 1. The zero-order chi connectivity index (χ0) is 14.3. The fourth-order valence-electron chi connectivity index (χ4n) is 1.09. The molecule has 3 atom stereocenters. The topological polar surface area (TPSA) is 142 Å². The van der Waals surface area contributed by atoms with Gasteiger partial charge in [0, 0.05) is 0 Å². The predicted molar refractivity (Wildman–Crippen MR) is 65.6 cm³/mol. The van der Waals surface area contributed by atoms with E-state index in [0.717, 1.165) is 0 Å². The monoisotopic (exact) mass is 277 g/mol. The zero-order valence-electron chi connectivity index (χ0n) is 9.62. The highest BCUT2D eigenvalue weighted by molar-refractivity contribution is 7.80. The van der Waals surface area contributed by atoms with Crippen LogP contribution in [0.1, 0.15) is 13.3 Å². The highest BCUT2D eigenvalue weighted by Crippen LogP contribution is 1.94. The van der Waals surface area contributed by atoms with Crippen molar-refractivity contribution >= 4 is 35.5 Å². The van der Waals surface area contributed by atoms with Crippen molar-refractivity contribution in [2.45, 2.75) is 31.5 Å². The van der Waals surface area contributed by atoms with Gasteiger partial charge in [-0.3, -0.25) is 4.79 Å². The van der Waals surface area contributed by atoms with Crippen LogP contribution in [0.4, 0.5) is 0 Å². The van der Waals surface area contributed by atoms with E-state index in [1.807, 2.05) is 0 Å². The molecule has 0 saturated carbocycles. The molecule has 0 rings (SSSR count). The molecule has 8 nitrogen and oxygen atoms in total. The van der Waals surface area contributed by atoms with E-state index >= 15 is 0 Å². The fourth-order valence-corrected chi connectivity index (χ4v) is 1.37. The van der Waals surface area contributed by atoms with Gasteiger partial charge in [-0.15, -0.1) is 0 Å². The summed E-state index contributed by atoms with van der Waals surface area (Å²) in [5.74, 6) is -2.00. The molecule has 1 amide bonds. The Hall–Kier alpha value is -1.74. The summed E-state index contributed by atoms with van der Waals surface area (Å²) in [7, 11) is 0. The van der Waals surface area contributed by atoms with Crippen LogP contribution in [0.15, 0.2) is 0 Å². The Kier molecular flexibility index (Phi) is 6.83. The number of carboxylic acids is 1. The molecule has 0 fully saturated rings. The Morgan fingerprint density at radius 1 is 1.44 bits per heavy atom. The summed E-state index contributed by atoms with van der Waals surface area (Å²) in [5, 5.41) is 22.5. The van der Waals surface area contributed by atoms with E-state index in [-0.39, 0.29) is 11.5 Å². The molecule has 6 N–H and O–H groups in total. The third-order valence-electron chi connectivity index (χ3n) is 1.94. The van der Waals surface area contributed by atoms with Crippen LogP contribution in [0.3, 0.4) is 0 Å². The van der Waals surface area contributed by atoms with Gasteiger partial charge in [0.15, 0.2) is 11.2 Å². The first-order chi connectivity index (χ1) is 8.27. The summed E-state index contributed by atoms with van der Waals surface area (Å²) in [6.07, 6.45) is -1.03. The average molecular weight is 277 g/mol. The largest absolute Gasteiger partial charge is 0.480 e. The number of carbonyl (C=O) groups is 3. The number of aliphatic hydroxyl groups is 1. The van der Waals surface area contributed by atoms with Crippen molar-refractivity contribution in [3.63, 3.8) is 0 Å². The van der Waals surface area contributed by atoms with Crippen LogP contribution in [-0.4, -0.2) is 51.7 Å². The number of nitrogens with two attached hydrogens (primary N) is 1. The van der Waals surface area contributed by atoms with Crippen LogP contribution in [0.25, 0.3) is 0 Å². The molecule has 0 radical (unpaired) electrons. The molecular formula is C9H15N3O5S. The number of nitrogens with one attached hydrogen (secondary N) is 2. The van der Waals surface area contributed by atoms with Crippen molar-refractivity contribution in [1.82, 2.24) is 10.6 Å². The molecule has 1 unspecified atom stereocenters. The number of amides is 1. The van der Waals surface area contributed by atoms with Crippen LogP contribution >= 0.6 is 12.2 Å². The van der Waals surface area contributed by atoms with Gasteiger partial charge in [-0.1, -0.05) is 0 Å². The number of hydrogen-bond acceptors (Lipinski definition) is 5. The molecule has 0 aliphatic carbocycles. The first-order valence-corrected chi connectivity index (χ1v) is 5.40. The normalized spacial score (nSPS) is 15.0. The fraction of sp³-hybridized carbons (Fsp3) is 0.556. The van der Waals surface area contributed by atoms with Crippen LogP contribution < -0.4 is 16.4 Å². The molecule has 0 saturated heterocycles. The Labute approximate surface area is 109 Å². The minimum atomic E-state index is -1.31. The lowest BCUT2D eigenvalue weighted by atomic mass is 10.2. The van der Waals surface area contributed by atoms with Gasteiger partial charge in [-0.05, 0) is 19.1 Å². The quantitative estimate of drug-likeness (QED) is 0.259. The van der Waals surface area contributed by atoms with Crippen LogP contribution in [0.2, 0.25) is 0 Å². The summed E-state index contributed by atoms with van der Waals surface area (Å²) in [6.45, 7) is 1.27. The standard InChI is InChI=1S/C9H15N3O5S/c1-4(14)7(8(16)17)12-9(18)11-5(3-13)2-6(10)15/h3-5,7,14H,2H2,1H3,(H2,10,15)(H,16,17)(H2,11,12,18)/t4?,5-,7-/m0/s1. The van der Waals surface area contributed by atoms with Gasteiger partial charge in [0.25, 0.3) is 0 Å². The van der Waals surface area contributed by atoms with Crippen molar-refractivity contribution in [1.29, 1.82) is 0 Å². The van der Waals surface area contributed by atoms with E-state index in [9.17, 15) is 19.5 Å². The second-order valence-corrected chi connectivity index (χ2v) is 4.00. The van der Waals surface area contributed by atoms with E-state index in [2.05, 4.69) is 10.6 Å². The number of thiocarbonyl (C=S) groups is 1. The third-order valence-corrected chi connectivity index (χ3v) is 2.17. The van der Waals surface area contributed by atoms with Crippen molar-refractivity contribution in [2.24, 2.45) is 5.73 Å². The zero-order valence-corrected chi connectivity index (χ0v) is 10.4. The minimum absolute atomic E-state index is 0.165. The van der Waals surface area contributed by atoms with Gasteiger partial charge in [0.2, 0.25) is 5.91 Å². The minimum Gasteiger partial charge on any atom is -0.480 e. The molecular weight excluding hydrogens is 262 g/mol. The van der Waals surface area contributed by atoms with E-state index in [1.54, 1.807) is 0 Å². The van der Waals surface area contributed by atoms with E-state index in [0.29, 0.717) is 6.29 Å². The highest BCUT2D eigenvalue weighted by atomic mass is 32.1. The lowest BCUT2D eigenvalue weighted by Crippen LogP contribution is -2.53. The number of primary amides is 1. The summed E-state index contributed by atoms with van der Waals surface area (Å²) < 4.78 is 0. The lowest BCUT2D eigenvalue weighted by molar-refractivity contribution is -0.141. The van der Waals surface area contributed by atoms with Gasteiger partial charge < -0.3 is 31.4 Å². The number of carboxylic acid groups (broad SMARTS) is 1. The van der Waals surface area contributed by atoms with E-state index < -0.39 is 30.1 Å². The number of aldehydes is 1. The molecule has 0 spiro atoms. The van der Waals surface area contributed by atoms with Gasteiger partial charge in [-0.25, -0.2) is 4.79 Å². The molecule has 18 heavy (non-hydrogen) atoms. The highest BCUT2D eigenvalue weighted by Gasteiger charge is 2.24. The molecule has 0 heterocycles. The number of rotatable bonds is 7. The van der Waals surface area contributed by atoms with Gasteiger partial charge in [-0.2, -0.15) is 0 Å². The smallest absolute Gasteiger partial charge is 0.328 e. The van der Waals surface area contributed by atoms with E-state index in [4.69, 9.17) is 23.1 Å². The summed E-state index contributed by atoms with van der Waals surface area (Å²) in [6, 6.07) is -2.25. The lowest BCUT2D eigenvalue weighted by Gasteiger charge is -2.21. The third kappa shape index (κ3) is 6.11. The molecule has 0 aromatic heterocycles. The maximum Gasteiger partial charge on any atom is 0.328 e. The maximum atomic E-state index is 10.8. The second-order valence-electron chi connectivity index (χ2n) is 3.59. The Morgan fingerprint density at radius 3 is 2.33 bits per heavy atom. The summed E-state index contributed by atoms with van der Waals surface area (Å²) >= 11 is 4.76. The second kappa shape index (κ2) is 7.56. The molecule has 0 bridgehead atoms. The number of hydrogen-bond donors (Lipinski definition) is 5. The predicted octanol–water partition coefficient (Wildman–Crippen LogP) is -2.27. The Morgan fingerprint density at radius 2 is 2.00 bits per heavy atom. The molecule has 0 aromatic carbocycles. The number of carbonyl (C=O) groups excluding carboxylic acids is 2. The summed E-state index contributed by atoms with van der Waals surface area (Å²) in [5.41, 5.74) is 4.91. The molecule has 0 aliphatic heterocycles. The molecule has 0 aromatic rings. The SMILES string of the molecule is CC(O)[C@H](NC(=S)N[C@H](C=O)CC(N)=O)C(=O)O. The summed E-state index contributed by atoms with van der Waals surface area (Å²) in [4.78, 5) is 32.0. The Bertz CT molecular complexity index is 347. The van der Waals surface area contributed by atoms with Crippen molar-refractivity contribution in [2.75, 3.05) is 0 Å². The van der Waals surface area contributed by atoms with Crippen LogP contribution in [-0.2, 0) is 14.4 Å². The molecule has 0 aliphatic rings. The first-order valence-electron chi connectivity index (χ1n) is 4.99. The Balaban J connectivity index is 4.43. The van der Waals surface area contributed by atoms with Gasteiger partial charge in [0.1, 0.15) is 6.29 Å². The maximum absolute atomic E-state index is 10.8. The van der Waals surface area contributed by atoms with Gasteiger partial charge >= 0.3 is 5.97 Å². The van der Waals surface area contributed by atoms with Gasteiger partial charge in [0.05, 0.1) is 18.6 Å². The molecule has 9 heteroatoms. The van der Waals surface area contributed by atoms with Crippen LogP contribution in [0, 0.1) is 0 Å². The molecule has 102 valence electrons. The van der Waals surface area contributed by atoms with Crippen molar-refractivity contribution in [3.8, 4) is 0 Å². The van der Waals surface area contributed by atoms with Crippen LogP contribution in [0.5, 0.6) is 0 Å².